The molecule has 0 N–H and O–H groups in total. The molecule has 0 amide bonds. The molecule has 0 spiro atoms. The highest BCUT2D eigenvalue weighted by Crippen LogP contribution is 2.39. The van der Waals surface area contributed by atoms with Crippen LogP contribution in [0.4, 0.5) is 13.2 Å². The fourth-order valence-corrected chi connectivity index (χ4v) is 5.12. The number of ether oxygens (including phenoxy) is 1. The third-order valence-corrected chi connectivity index (χ3v) is 7.06. The molecule has 1 nitrogen and oxygen atoms in total. The van der Waals surface area contributed by atoms with Crippen molar-refractivity contribution in [3.05, 3.63) is 88.7 Å². The zero-order valence-electron chi connectivity index (χ0n) is 20.5. The van der Waals surface area contributed by atoms with Crippen molar-refractivity contribution in [1.82, 2.24) is 0 Å². The van der Waals surface area contributed by atoms with Gasteiger partial charge in [0.2, 0.25) is 0 Å². The number of benzene rings is 3. The zero-order chi connectivity index (χ0) is 24.8. The Morgan fingerprint density at radius 1 is 0.800 bits per heavy atom. The van der Waals surface area contributed by atoms with Crippen molar-refractivity contribution in [3.8, 4) is 16.9 Å². The summed E-state index contributed by atoms with van der Waals surface area (Å²) in [7, 11) is 0. The molecule has 3 aromatic carbocycles. The Balaban J connectivity index is 1.44. The smallest absolute Gasteiger partial charge is 0.166 e. The molecule has 1 aliphatic carbocycles. The summed E-state index contributed by atoms with van der Waals surface area (Å²) in [5.74, 6) is -0.819. The first-order valence-corrected chi connectivity index (χ1v) is 12.7. The van der Waals surface area contributed by atoms with E-state index in [4.69, 9.17) is 4.74 Å². The van der Waals surface area contributed by atoms with Crippen LogP contribution in [0.2, 0.25) is 0 Å². The van der Waals surface area contributed by atoms with Crippen molar-refractivity contribution in [1.29, 1.82) is 0 Å². The molecule has 4 heteroatoms. The minimum atomic E-state index is -0.782. The van der Waals surface area contributed by atoms with Crippen LogP contribution >= 0.6 is 0 Å². The van der Waals surface area contributed by atoms with Crippen LogP contribution in [0.5, 0.6) is 5.75 Å². The van der Waals surface area contributed by atoms with Gasteiger partial charge in [-0.15, -0.1) is 0 Å². The molecule has 0 saturated heterocycles. The maximum atomic E-state index is 14.9. The SMILES string of the molecule is CCCC1CCC(c2ccc(C=Cc3ccc(-c4ccc(OCC)c(F)c4)cc3)c(F)c2F)CC1. The van der Waals surface area contributed by atoms with E-state index in [1.165, 1.54) is 18.9 Å². The van der Waals surface area contributed by atoms with E-state index in [1.54, 1.807) is 30.4 Å². The molecular weight excluding hydrogens is 445 g/mol. The van der Waals surface area contributed by atoms with Gasteiger partial charge in [0, 0.05) is 5.56 Å². The number of rotatable bonds is 8. The van der Waals surface area contributed by atoms with Gasteiger partial charge in [-0.3, -0.25) is 0 Å². The Morgan fingerprint density at radius 3 is 2.17 bits per heavy atom. The van der Waals surface area contributed by atoms with Crippen LogP contribution in [0.25, 0.3) is 23.3 Å². The van der Waals surface area contributed by atoms with Crippen molar-refractivity contribution < 1.29 is 17.9 Å². The summed E-state index contributed by atoms with van der Waals surface area (Å²) in [5.41, 5.74) is 3.21. The maximum absolute atomic E-state index is 14.9. The molecule has 0 heterocycles. The highest BCUT2D eigenvalue weighted by atomic mass is 19.2. The van der Waals surface area contributed by atoms with Gasteiger partial charge in [0.05, 0.1) is 6.61 Å². The molecule has 0 atom stereocenters. The molecule has 35 heavy (non-hydrogen) atoms. The summed E-state index contributed by atoms with van der Waals surface area (Å²) in [6.45, 7) is 4.42. The average molecular weight is 479 g/mol. The van der Waals surface area contributed by atoms with E-state index >= 15 is 0 Å². The van der Waals surface area contributed by atoms with Crippen molar-refractivity contribution >= 4 is 12.2 Å². The standard InChI is InChI=1S/C31H33F3O/c1-3-5-21-8-13-24(14-9-21)27-18-16-25(30(33)31(27)34)15-10-22-6-11-23(12-7-22)26-17-19-29(35-4-2)28(32)20-26/h6-7,10-12,15-21,24H,3-5,8-9,13-14H2,1-2H3. The molecule has 184 valence electrons. The maximum Gasteiger partial charge on any atom is 0.166 e. The van der Waals surface area contributed by atoms with Crippen LogP contribution in [0.3, 0.4) is 0 Å². The lowest BCUT2D eigenvalue weighted by Crippen LogP contribution is -2.15. The van der Waals surface area contributed by atoms with Crippen LogP contribution in [-0.4, -0.2) is 6.61 Å². The lowest BCUT2D eigenvalue weighted by Gasteiger charge is -2.29. The molecule has 1 saturated carbocycles. The van der Waals surface area contributed by atoms with Crippen LogP contribution in [0.1, 0.15) is 75.0 Å². The van der Waals surface area contributed by atoms with Crippen LogP contribution in [0, 0.1) is 23.4 Å². The summed E-state index contributed by atoms with van der Waals surface area (Å²) >= 11 is 0. The Morgan fingerprint density at radius 2 is 1.51 bits per heavy atom. The normalized spacial score (nSPS) is 18.2. The van der Waals surface area contributed by atoms with Crippen molar-refractivity contribution in [2.24, 2.45) is 5.92 Å². The summed E-state index contributed by atoms with van der Waals surface area (Å²) in [5, 5.41) is 0. The van der Waals surface area contributed by atoms with Gasteiger partial charge in [0.25, 0.3) is 0 Å². The average Bonchev–Trinajstić information content (AvgIpc) is 2.87. The minimum absolute atomic E-state index is 0.107. The highest BCUT2D eigenvalue weighted by molar-refractivity contribution is 5.72. The molecule has 0 bridgehead atoms. The highest BCUT2D eigenvalue weighted by Gasteiger charge is 2.25. The lowest BCUT2D eigenvalue weighted by atomic mass is 9.77. The van der Waals surface area contributed by atoms with Gasteiger partial charge in [-0.05, 0) is 78.8 Å². The largest absolute Gasteiger partial charge is 0.491 e. The molecule has 1 fully saturated rings. The third-order valence-electron chi connectivity index (χ3n) is 7.06. The monoisotopic (exact) mass is 478 g/mol. The van der Waals surface area contributed by atoms with E-state index < -0.39 is 17.5 Å². The van der Waals surface area contributed by atoms with Crippen molar-refractivity contribution in [3.63, 3.8) is 0 Å². The van der Waals surface area contributed by atoms with E-state index in [9.17, 15) is 13.2 Å². The van der Waals surface area contributed by atoms with Gasteiger partial charge in [0.1, 0.15) is 0 Å². The second kappa shape index (κ2) is 11.6. The van der Waals surface area contributed by atoms with Gasteiger partial charge >= 0.3 is 0 Å². The molecular formula is C31H33F3O. The predicted molar refractivity (Wildman–Crippen MR) is 138 cm³/mol. The van der Waals surface area contributed by atoms with Crippen LogP contribution in [0.15, 0.2) is 54.6 Å². The van der Waals surface area contributed by atoms with Gasteiger partial charge < -0.3 is 4.74 Å². The minimum Gasteiger partial charge on any atom is -0.491 e. The Kier molecular flexibility index (Phi) is 8.33. The predicted octanol–water partition coefficient (Wildman–Crippen LogP) is 9.41. The fraction of sp³-hybridized carbons (Fsp3) is 0.355. The summed E-state index contributed by atoms with van der Waals surface area (Å²) in [6, 6.07) is 15.8. The lowest BCUT2D eigenvalue weighted by molar-refractivity contribution is 0.303. The molecule has 4 rings (SSSR count). The summed E-state index contributed by atoms with van der Waals surface area (Å²) < 4.78 is 49.2. The van der Waals surface area contributed by atoms with Gasteiger partial charge in [-0.25, -0.2) is 13.2 Å². The Labute approximate surface area is 206 Å². The first kappa shape index (κ1) is 25.1. The molecule has 0 unspecified atom stereocenters. The Hall–Kier alpha value is -3.01. The second-order valence-corrected chi connectivity index (χ2v) is 9.41. The Bertz CT molecular complexity index is 1160. The van der Waals surface area contributed by atoms with Gasteiger partial charge in [0.15, 0.2) is 23.2 Å². The molecule has 0 radical (unpaired) electrons. The van der Waals surface area contributed by atoms with E-state index in [-0.39, 0.29) is 17.2 Å². The van der Waals surface area contributed by atoms with Crippen LogP contribution < -0.4 is 4.74 Å². The third kappa shape index (κ3) is 5.98. The van der Waals surface area contributed by atoms with E-state index in [2.05, 4.69) is 6.92 Å². The number of hydrogen-bond donors (Lipinski definition) is 0. The van der Waals surface area contributed by atoms with E-state index in [0.717, 1.165) is 48.3 Å². The van der Waals surface area contributed by atoms with Crippen LogP contribution in [-0.2, 0) is 0 Å². The van der Waals surface area contributed by atoms with Gasteiger partial charge in [-0.1, -0.05) is 74.4 Å². The molecule has 0 aromatic heterocycles. The summed E-state index contributed by atoms with van der Waals surface area (Å²) in [4.78, 5) is 0. The zero-order valence-corrected chi connectivity index (χ0v) is 20.5. The number of hydrogen-bond acceptors (Lipinski definition) is 1. The van der Waals surface area contributed by atoms with E-state index in [0.29, 0.717) is 12.2 Å². The second-order valence-electron chi connectivity index (χ2n) is 9.41. The topological polar surface area (TPSA) is 9.23 Å². The fourth-order valence-electron chi connectivity index (χ4n) is 5.12. The first-order chi connectivity index (χ1) is 17.0. The quantitative estimate of drug-likeness (QED) is 0.293. The first-order valence-electron chi connectivity index (χ1n) is 12.7. The summed E-state index contributed by atoms with van der Waals surface area (Å²) in [6.07, 6.45) is 9.83. The molecule has 3 aromatic rings. The van der Waals surface area contributed by atoms with E-state index in [1.807, 2.05) is 37.3 Å². The molecule has 1 aliphatic rings. The molecule has 0 aliphatic heterocycles. The number of halogens is 3. The van der Waals surface area contributed by atoms with Crippen molar-refractivity contribution in [2.45, 2.75) is 58.3 Å². The van der Waals surface area contributed by atoms with Crippen molar-refractivity contribution in [2.75, 3.05) is 6.61 Å². The van der Waals surface area contributed by atoms with Gasteiger partial charge in [-0.2, -0.15) is 0 Å².